The zero-order chi connectivity index (χ0) is 13.7. The molecule has 0 radical (unpaired) electrons. The van der Waals surface area contributed by atoms with Crippen LogP contribution in [-0.4, -0.2) is 58.5 Å². The van der Waals surface area contributed by atoms with Crippen LogP contribution in [0.25, 0.3) is 10.4 Å². The number of nitrogens with zero attached hydrogens (tertiary/aromatic N) is 3. The summed E-state index contributed by atoms with van der Waals surface area (Å²) in [7, 11) is 0. The molecule has 0 spiro atoms. The molecule has 1 saturated heterocycles. The van der Waals surface area contributed by atoms with Gasteiger partial charge in [0.05, 0.1) is 0 Å². The molecule has 0 saturated carbocycles. The maximum atomic E-state index is 10.9. The summed E-state index contributed by atoms with van der Waals surface area (Å²) in [4.78, 5) is 17.6. The highest BCUT2D eigenvalue weighted by Gasteiger charge is 2.44. The third-order valence-electron chi connectivity index (χ3n) is 2.42. The van der Waals surface area contributed by atoms with Gasteiger partial charge in [0.15, 0.2) is 6.29 Å². The lowest BCUT2D eigenvalue weighted by Crippen LogP contribution is -2.64. The monoisotopic (exact) mass is 262 g/mol. The summed E-state index contributed by atoms with van der Waals surface area (Å²) in [5, 5.41) is 34.0. The van der Waals surface area contributed by atoms with Crippen molar-refractivity contribution in [3.8, 4) is 0 Å². The number of hydrogen-bond acceptors (Lipinski definition) is 7. The minimum Gasteiger partial charge on any atom is -0.431 e. The third kappa shape index (κ3) is 3.45. The molecule has 0 bridgehead atoms. The highest BCUT2D eigenvalue weighted by molar-refractivity contribution is 5.73. The maximum Gasteiger partial charge on any atom is 0.217 e. The second-order valence-corrected chi connectivity index (χ2v) is 3.74. The summed E-state index contributed by atoms with van der Waals surface area (Å²) in [5.41, 5.74) is 7.99. The molecular weight excluding hydrogens is 248 g/mol. The van der Waals surface area contributed by atoms with Gasteiger partial charge in [0.25, 0.3) is 0 Å². The zero-order valence-electron chi connectivity index (χ0n) is 9.50. The van der Waals surface area contributed by atoms with Crippen LogP contribution in [0.4, 0.5) is 0 Å². The van der Waals surface area contributed by atoms with Crippen LogP contribution in [0.3, 0.4) is 0 Å². The van der Waals surface area contributed by atoms with E-state index in [1.54, 1.807) is 0 Å². The van der Waals surface area contributed by atoms with Crippen LogP contribution in [0.5, 0.6) is 0 Å². The number of nitrogens with one attached hydrogen (secondary N) is 1. The van der Waals surface area contributed by atoms with Crippen LogP contribution in [0, 0.1) is 0 Å². The second kappa shape index (κ2) is 6.38. The number of carbonyl (C=O) groups is 1. The third-order valence-corrected chi connectivity index (χ3v) is 2.42. The van der Waals surface area contributed by atoms with Crippen molar-refractivity contribution in [2.45, 2.75) is 37.6 Å². The first kappa shape index (κ1) is 14.5. The van der Waals surface area contributed by atoms with E-state index >= 15 is 0 Å². The van der Waals surface area contributed by atoms with E-state index in [4.69, 9.17) is 10.3 Å². The number of aliphatic hydroxyl groups is 3. The number of hydrogen-bond donors (Lipinski definition) is 4. The average Bonchev–Trinajstić information content (AvgIpc) is 2.31. The van der Waals surface area contributed by atoms with E-state index < -0.39 is 36.6 Å². The Labute approximate surface area is 102 Å². The fourth-order valence-corrected chi connectivity index (χ4v) is 1.61. The van der Waals surface area contributed by atoms with E-state index in [0.717, 1.165) is 0 Å². The van der Waals surface area contributed by atoms with Crippen molar-refractivity contribution < 1.29 is 29.7 Å². The van der Waals surface area contributed by atoms with Gasteiger partial charge in [0.2, 0.25) is 5.91 Å². The molecule has 0 aromatic heterocycles. The number of ether oxygens (including phenoxy) is 1. The van der Waals surface area contributed by atoms with E-state index in [1.165, 1.54) is 6.92 Å². The predicted octanol–water partition coefficient (Wildman–Crippen LogP) is -1.83. The number of rotatable bonds is 4. The molecule has 10 heteroatoms. The molecule has 4 N–H and O–H groups in total. The molecule has 5 atom stereocenters. The fourth-order valence-electron chi connectivity index (χ4n) is 1.61. The van der Waals surface area contributed by atoms with Gasteiger partial charge in [-0.2, -0.15) is 0 Å². The van der Waals surface area contributed by atoms with Crippen molar-refractivity contribution in [1.82, 2.24) is 5.32 Å². The molecule has 1 amide bonds. The van der Waals surface area contributed by atoms with Gasteiger partial charge in [-0.15, -0.1) is 0 Å². The first-order valence-electron chi connectivity index (χ1n) is 5.10. The predicted molar refractivity (Wildman–Crippen MR) is 55.6 cm³/mol. The van der Waals surface area contributed by atoms with Crippen LogP contribution in [0.2, 0.25) is 0 Å². The Morgan fingerprint density at radius 3 is 2.72 bits per heavy atom. The summed E-state index contributed by atoms with van der Waals surface area (Å²) in [6, 6.07) is -1.15. The average molecular weight is 262 g/mol. The number of aliphatic hydroxyl groups excluding tert-OH is 3. The number of azide groups is 1. The lowest BCUT2D eigenvalue weighted by molar-refractivity contribution is -0.256. The van der Waals surface area contributed by atoms with E-state index in [1.807, 2.05) is 0 Å². The molecule has 10 nitrogen and oxygen atoms in total. The molecule has 1 aliphatic rings. The molecule has 102 valence electrons. The molecule has 1 heterocycles. The van der Waals surface area contributed by atoms with Gasteiger partial charge in [-0.05, 0) is 5.53 Å². The highest BCUT2D eigenvalue weighted by atomic mass is 16.7. The minimum atomic E-state index is -1.51. The Morgan fingerprint density at radius 2 is 2.17 bits per heavy atom. The van der Waals surface area contributed by atoms with Gasteiger partial charge in [-0.3, -0.25) is 4.79 Å². The summed E-state index contributed by atoms with van der Waals surface area (Å²) in [6.07, 6.45) is -5.42. The van der Waals surface area contributed by atoms with Crippen LogP contribution in [0.15, 0.2) is 5.28 Å². The van der Waals surface area contributed by atoms with Crippen LogP contribution < -0.4 is 5.32 Å². The largest absolute Gasteiger partial charge is 0.431 e. The van der Waals surface area contributed by atoms with Gasteiger partial charge in [-0.1, -0.05) is 0 Å². The van der Waals surface area contributed by atoms with Crippen LogP contribution >= 0.6 is 0 Å². The molecule has 1 aliphatic heterocycles. The Hall–Kier alpha value is -1.58. The van der Waals surface area contributed by atoms with Gasteiger partial charge in [-0.25, -0.2) is 0 Å². The topological polar surface area (TPSA) is 157 Å². The molecule has 0 aliphatic carbocycles. The van der Waals surface area contributed by atoms with Gasteiger partial charge in [0.1, 0.15) is 36.2 Å². The van der Waals surface area contributed by atoms with Crippen LogP contribution in [-0.2, 0) is 14.4 Å². The second-order valence-electron chi connectivity index (χ2n) is 3.74. The Kier molecular flexibility index (Phi) is 5.13. The zero-order valence-corrected chi connectivity index (χ0v) is 9.50. The van der Waals surface area contributed by atoms with Gasteiger partial charge >= 0.3 is 0 Å². The van der Waals surface area contributed by atoms with E-state index in [9.17, 15) is 20.1 Å². The van der Waals surface area contributed by atoms with E-state index in [0.29, 0.717) is 0 Å². The summed E-state index contributed by atoms with van der Waals surface area (Å²) in [5.74, 6) is -0.488. The Balaban J connectivity index is 2.64. The lowest BCUT2D eigenvalue weighted by Gasteiger charge is -2.40. The van der Waals surface area contributed by atoms with Crippen molar-refractivity contribution in [1.29, 1.82) is 0 Å². The fraction of sp³-hybridized carbons (Fsp3) is 0.875. The van der Waals surface area contributed by atoms with E-state index in [2.05, 4.69) is 20.3 Å². The summed E-state index contributed by atoms with van der Waals surface area (Å²) < 4.78 is 4.95. The van der Waals surface area contributed by atoms with Crippen molar-refractivity contribution in [2.24, 2.45) is 5.28 Å². The lowest BCUT2D eigenvalue weighted by atomic mass is 9.97. The van der Waals surface area contributed by atoms with Crippen molar-refractivity contribution in [2.75, 3.05) is 6.61 Å². The van der Waals surface area contributed by atoms with Crippen LogP contribution in [0.1, 0.15) is 6.92 Å². The smallest absolute Gasteiger partial charge is 0.217 e. The number of amides is 1. The van der Waals surface area contributed by atoms with Crippen molar-refractivity contribution in [3.05, 3.63) is 10.4 Å². The Morgan fingerprint density at radius 1 is 1.50 bits per heavy atom. The number of carbonyl (C=O) groups excluding carboxylic acids is 1. The molecule has 0 aromatic rings. The molecular formula is C8H14N4O6. The molecule has 1 fully saturated rings. The standard InChI is InChI=1S/C8H14N4O6/c1-3(13)10-5-7(15)6(14)4(18-8(5)16)2-17-12-11-9/h4-8,14-16H,2H2,1H3,(H,10,13)/t4-,5-,6-,7-,8?/m1/s1. The van der Waals surface area contributed by atoms with E-state index in [-0.39, 0.29) is 6.61 Å². The molecule has 18 heavy (non-hydrogen) atoms. The normalized spacial score (nSPS) is 35.4. The molecule has 1 rings (SSSR count). The minimum absolute atomic E-state index is 0.341. The van der Waals surface area contributed by atoms with Crippen molar-refractivity contribution in [3.63, 3.8) is 0 Å². The quantitative estimate of drug-likeness (QED) is 0.202. The first-order chi connectivity index (χ1) is 8.47. The summed E-state index contributed by atoms with van der Waals surface area (Å²) >= 11 is 0. The maximum absolute atomic E-state index is 10.9. The van der Waals surface area contributed by atoms with Gasteiger partial charge < -0.3 is 30.2 Å². The molecule has 1 unspecified atom stereocenters. The van der Waals surface area contributed by atoms with Gasteiger partial charge in [0, 0.05) is 11.8 Å². The SMILES string of the molecule is CC(=O)N[C@H]1C(O)O[C@H](CON=[N+]=[N-])[C@@H](O)[C@@H]1O. The first-order valence-corrected chi connectivity index (χ1v) is 5.10. The highest BCUT2D eigenvalue weighted by Crippen LogP contribution is 2.20. The summed E-state index contributed by atoms with van der Waals surface area (Å²) in [6.45, 7) is 0.856. The van der Waals surface area contributed by atoms with Crippen molar-refractivity contribution >= 4 is 5.91 Å². The molecule has 0 aromatic carbocycles. The Bertz CT molecular complexity index is 344.